The zero-order valence-electron chi connectivity index (χ0n) is 6.97. The lowest BCUT2D eigenvalue weighted by atomic mass is 10.1. The Labute approximate surface area is 78.2 Å². The molecule has 0 amide bonds. The molecule has 0 spiro atoms. The summed E-state index contributed by atoms with van der Waals surface area (Å²) in [5, 5.41) is 0.110. The summed E-state index contributed by atoms with van der Waals surface area (Å²) < 4.78 is 37.4. The molecule has 0 unspecified atom stereocenters. The molecule has 2 rings (SSSR count). The maximum Gasteiger partial charge on any atom is 0.417 e. The zero-order chi connectivity index (χ0) is 10.2. The summed E-state index contributed by atoms with van der Waals surface area (Å²) in [5.74, 6) is 0. The summed E-state index contributed by atoms with van der Waals surface area (Å²) in [5.41, 5.74) is -0.384. The molecule has 4 heteroatoms. The van der Waals surface area contributed by atoms with Crippen LogP contribution in [0.2, 0.25) is 0 Å². The molecule has 0 saturated heterocycles. The van der Waals surface area contributed by atoms with Gasteiger partial charge in [-0.3, -0.25) is 0 Å². The van der Waals surface area contributed by atoms with E-state index in [4.69, 9.17) is 0 Å². The largest absolute Gasteiger partial charge is 0.417 e. The summed E-state index contributed by atoms with van der Waals surface area (Å²) >= 11 is 0. The Hall–Kier alpha value is -1.58. The molecule has 0 fully saturated rings. The fourth-order valence-corrected chi connectivity index (χ4v) is 1.28. The van der Waals surface area contributed by atoms with Gasteiger partial charge in [0.05, 0.1) is 17.3 Å². The van der Waals surface area contributed by atoms with Gasteiger partial charge >= 0.3 is 6.18 Å². The minimum absolute atomic E-state index is 0.110. The summed E-state index contributed by atoms with van der Waals surface area (Å²) in [7, 11) is 0. The van der Waals surface area contributed by atoms with Crippen LogP contribution in [0.25, 0.3) is 10.9 Å². The predicted octanol–water partition coefficient (Wildman–Crippen LogP) is 3.05. The van der Waals surface area contributed by atoms with Gasteiger partial charge in [0.15, 0.2) is 0 Å². The first-order valence-electron chi connectivity index (χ1n) is 3.92. The summed E-state index contributed by atoms with van der Waals surface area (Å²) in [6.45, 7) is 0. The van der Waals surface area contributed by atoms with Crippen molar-refractivity contribution in [3.63, 3.8) is 0 Å². The molecule has 0 atom stereocenters. The third kappa shape index (κ3) is 1.43. The van der Waals surface area contributed by atoms with Crippen molar-refractivity contribution < 1.29 is 13.2 Å². The summed E-state index contributed by atoms with van der Waals surface area (Å²) in [6, 6.07) is 6.99. The highest BCUT2D eigenvalue weighted by Gasteiger charge is 2.32. The van der Waals surface area contributed by atoms with E-state index in [9.17, 15) is 13.2 Å². The van der Waals surface area contributed by atoms with Crippen molar-refractivity contribution in [1.82, 2.24) is 4.98 Å². The number of nitrogens with zero attached hydrogens (tertiary/aromatic N) is 1. The van der Waals surface area contributed by atoms with Crippen LogP contribution in [0.1, 0.15) is 5.56 Å². The second kappa shape index (κ2) is 2.97. The molecule has 1 heterocycles. The van der Waals surface area contributed by atoms with Crippen LogP contribution in [-0.2, 0) is 6.18 Å². The zero-order valence-corrected chi connectivity index (χ0v) is 6.97. The Morgan fingerprint density at radius 3 is 2.57 bits per heavy atom. The van der Waals surface area contributed by atoms with Crippen LogP contribution in [0.15, 0.2) is 30.3 Å². The summed E-state index contributed by atoms with van der Waals surface area (Å²) in [6.07, 6.45) is -2.11. The van der Waals surface area contributed by atoms with Crippen LogP contribution in [0.3, 0.4) is 0 Å². The predicted molar refractivity (Wildman–Crippen MR) is 45.6 cm³/mol. The molecular formula is C10H5F3N. The van der Waals surface area contributed by atoms with Crippen LogP contribution in [0, 0.1) is 6.20 Å². The first-order chi connectivity index (χ1) is 6.59. The number of fused-ring (bicyclic) bond motifs is 1. The molecular weight excluding hydrogens is 191 g/mol. The Morgan fingerprint density at radius 2 is 1.86 bits per heavy atom. The third-order valence-electron chi connectivity index (χ3n) is 1.89. The normalized spacial score (nSPS) is 11.9. The first-order valence-corrected chi connectivity index (χ1v) is 3.92. The number of pyridine rings is 1. The molecule has 1 radical (unpaired) electrons. The number of halogens is 3. The van der Waals surface area contributed by atoms with Crippen LogP contribution in [0.4, 0.5) is 13.2 Å². The maximum atomic E-state index is 12.5. The molecule has 14 heavy (non-hydrogen) atoms. The fraction of sp³-hybridized carbons (Fsp3) is 0.100. The second-order valence-electron chi connectivity index (χ2n) is 2.81. The van der Waals surface area contributed by atoms with E-state index in [0.29, 0.717) is 5.52 Å². The molecule has 0 aliphatic rings. The number of hydrogen-bond donors (Lipinski definition) is 0. The smallest absolute Gasteiger partial charge is 0.246 e. The van der Waals surface area contributed by atoms with Crippen molar-refractivity contribution in [2.75, 3.05) is 0 Å². The van der Waals surface area contributed by atoms with Crippen LogP contribution in [-0.4, -0.2) is 4.98 Å². The van der Waals surface area contributed by atoms with Gasteiger partial charge in [-0.2, -0.15) is 13.2 Å². The van der Waals surface area contributed by atoms with Gasteiger partial charge in [-0.05, 0) is 12.1 Å². The number of rotatable bonds is 0. The highest BCUT2D eigenvalue weighted by Crippen LogP contribution is 2.33. The number of hydrogen-bond acceptors (Lipinski definition) is 1. The van der Waals surface area contributed by atoms with Gasteiger partial charge in [0.25, 0.3) is 0 Å². The van der Waals surface area contributed by atoms with E-state index in [1.165, 1.54) is 12.1 Å². The molecule has 1 aromatic heterocycles. The number of benzene rings is 1. The minimum Gasteiger partial charge on any atom is -0.246 e. The summed E-state index contributed by atoms with van der Waals surface area (Å²) in [4.78, 5) is 3.73. The molecule has 0 saturated carbocycles. The van der Waals surface area contributed by atoms with E-state index in [2.05, 4.69) is 11.2 Å². The highest BCUT2D eigenvalue weighted by atomic mass is 19.4. The second-order valence-corrected chi connectivity index (χ2v) is 2.81. The van der Waals surface area contributed by atoms with Crippen LogP contribution < -0.4 is 0 Å². The number of alkyl halides is 3. The van der Waals surface area contributed by atoms with E-state index in [1.54, 1.807) is 12.1 Å². The monoisotopic (exact) mass is 196 g/mol. The molecule has 0 aliphatic heterocycles. The van der Waals surface area contributed by atoms with Gasteiger partial charge in [0, 0.05) is 5.39 Å². The van der Waals surface area contributed by atoms with Crippen molar-refractivity contribution in [3.05, 3.63) is 42.1 Å². The van der Waals surface area contributed by atoms with Gasteiger partial charge in [-0.15, -0.1) is 0 Å². The lowest BCUT2D eigenvalue weighted by Gasteiger charge is -2.08. The average molecular weight is 196 g/mol. The molecule has 1 aromatic carbocycles. The van der Waals surface area contributed by atoms with Crippen molar-refractivity contribution in [1.29, 1.82) is 0 Å². The third-order valence-corrected chi connectivity index (χ3v) is 1.89. The number of para-hydroxylation sites is 1. The first kappa shape index (κ1) is 8.99. The van der Waals surface area contributed by atoms with E-state index < -0.39 is 11.7 Å². The Balaban J connectivity index is 2.78. The van der Waals surface area contributed by atoms with Gasteiger partial charge in [-0.1, -0.05) is 18.2 Å². The quantitative estimate of drug-likeness (QED) is 0.631. The van der Waals surface area contributed by atoms with E-state index in [0.717, 1.165) is 6.07 Å². The van der Waals surface area contributed by atoms with E-state index in [1.807, 2.05) is 0 Å². The lowest BCUT2D eigenvalue weighted by molar-refractivity contribution is -0.136. The Bertz CT molecular complexity index is 457. The van der Waals surface area contributed by atoms with Crippen molar-refractivity contribution in [3.8, 4) is 0 Å². The van der Waals surface area contributed by atoms with Crippen molar-refractivity contribution in [2.24, 2.45) is 0 Å². The van der Waals surface area contributed by atoms with Gasteiger partial charge in [-0.25, -0.2) is 4.98 Å². The van der Waals surface area contributed by atoms with E-state index in [-0.39, 0.29) is 5.39 Å². The topological polar surface area (TPSA) is 12.9 Å². The molecule has 0 bridgehead atoms. The van der Waals surface area contributed by atoms with Crippen LogP contribution >= 0.6 is 0 Å². The fourth-order valence-electron chi connectivity index (χ4n) is 1.28. The maximum absolute atomic E-state index is 12.5. The molecule has 71 valence electrons. The van der Waals surface area contributed by atoms with E-state index >= 15 is 0 Å². The number of aromatic nitrogens is 1. The SMILES string of the molecule is FC(F)(F)c1c[c]nc2ccccc12. The molecule has 0 N–H and O–H groups in total. The van der Waals surface area contributed by atoms with Gasteiger partial charge < -0.3 is 0 Å². The van der Waals surface area contributed by atoms with Gasteiger partial charge in [0.2, 0.25) is 0 Å². The highest BCUT2D eigenvalue weighted by molar-refractivity contribution is 5.82. The standard InChI is InChI=1S/C10H5F3N/c11-10(12,13)8-5-6-14-9-4-2-1-3-7(8)9/h1-5H. The molecule has 1 nitrogen and oxygen atoms in total. The Morgan fingerprint density at radius 1 is 1.14 bits per heavy atom. The van der Waals surface area contributed by atoms with Crippen molar-refractivity contribution >= 4 is 10.9 Å². The van der Waals surface area contributed by atoms with Gasteiger partial charge in [0.1, 0.15) is 0 Å². The molecule has 0 aliphatic carbocycles. The minimum atomic E-state index is -4.35. The Kier molecular flexibility index (Phi) is 1.91. The van der Waals surface area contributed by atoms with Crippen LogP contribution in [0.5, 0.6) is 0 Å². The lowest BCUT2D eigenvalue weighted by Crippen LogP contribution is -2.05. The average Bonchev–Trinajstić information content (AvgIpc) is 2.15. The molecule has 2 aromatic rings. The van der Waals surface area contributed by atoms with Crippen molar-refractivity contribution in [2.45, 2.75) is 6.18 Å².